The largest absolute Gasteiger partial charge is 0.321 e. The zero-order chi connectivity index (χ0) is 19.0. The Morgan fingerprint density at radius 3 is 2.56 bits per heavy atom. The fourth-order valence-electron chi connectivity index (χ4n) is 3.41. The highest BCUT2D eigenvalue weighted by Crippen LogP contribution is 2.45. The second kappa shape index (κ2) is 6.96. The van der Waals surface area contributed by atoms with Crippen LogP contribution in [0.2, 0.25) is 0 Å². The van der Waals surface area contributed by atoms with E-state index in [4.69, 9.17) is 0 Å². The van der Waals surface area contributed by atoms with Crippen LogP contribution in [0.1, 0.15) is 38.7 Å². The van der Waals surface area contributed by atoms with Crippen molar-refractivity contribution < 1.29 is 14.0 Å². The number of rotatable bonds is 3. The molecule has 4 rings (SSSR count). The molecule has 0 aliphatic carbocycles. The molecule has 0 saturated carbocycles. The molecule has 2 N–H and O–H groups in total. The maximum Gasteiger partial charge on any atom is 0.266 e. The van der Waals surface area contributed by atoms with Crippen LogP contribution in [0, 0.1) is 12.7 Å². The summed E-state index contributed by atoms with van der Waals surface area (Å²) in [5.74, 6) is -0.745. The van der Waals surface area contributed by atoms with Crippen LogP contribution in [0.15, 0.2) is 54.6 Å². The Morgan fingerprint density at radius 1 is 1.15 bits per heavy atom. The first-order chi connectivity index (χ1) is 13.0. The van der Waals surface area contributed by atoms with Gasteiger partial charge in [0, 0.05) is 18.0 Å². The Labute approximate surface area is 160 Å². The summed E-state index contributed by atoms with van der Waals surface area (Å²) in [4.78, 5) is 25.5. The van der Waals surface area contributed by atoms with Crippen molar-refractivity contribution in [1.29, 1.82) is 0 Å². The molecule has 2 heterocycles. The molecule has 1 atom stereocenters. The van der Waals surface area contributed by atoms with E-state index >= 15 is 0 Å². The first-order valence-electron chi connectivity index (χ1n) is 8.58. The van der Waals surface area contributed by atoms with Crippen molar-refractivity contribution in [3.8, 4) is 0 Å². The maximum atomic E-state index is 13.1. The van der Waals surface area contributed by atoms with Gasteiger partial charge in [0.1, 0.15) is 5.82 Å². The lowest BCUT2D eigenvalue weighted by Crippen LogP contribution is -2.22. The molecule has 1 unspecified atom stereocenters. The van der Waals surface area contributed by atoms with Crippen LogP contribution in [-0.4, -0.2) is 11.8 Å². The molecular weight excluding hydrogens is 363 g/mol. The molecule has 4 nitrogen and oxygen atoms in total. The summed E-state index contributed by atoms with van der Waals surface area (Å²) in [6.45, 7) is 1.91. The number of hydrogen-bond donors (Lipinski definition) is 2. The van der Waals surface area contributed by atoms with Crippen LogP contribution in [0.3, 0.4) is 0 Å². The monoisotopic (exact) mass is 380 g/mol. The molecular formula is C21H17FN2O2S. The third kappa shape index (κ3) is 3.36. The number of benzene rings is 2. The summed E-state index contributed by atoms with van der Waals surface area (Å²) in [5, 5.41) is 6.41. The van der Waals surface area contributed by atoms with Gasteiger partial charge in [0.15, 0.2) is 0 Å². The predicted molar refractivity (Wildman–Crippen MR) is 105 cm³/mol. The van der Waals surface area contributed by atoms with Gasteiger partial charge >= 0.3 is 0 Å². The van der Waals surface area contributed by atoms with Gasteiger partial charge in [-0.3, -0.25) is 9.59 Å². The molecule has 6 heteroatoms. The molecule has 0 bridgehead atoms. The van der Waals surface area contributed by atoms with Gasteiger partial charge in [0.05, 0.1) is 9.88 Å². The van der Waals surface area contributed by atoms with E-state index in [1.54, 1.807) is 0 Å². The number of nitrogens with one attached hydrogen (secondary N) is 2. The minimum absolute atomic E-state index is 0.0527. The highest BCUT2D eigenvalue weighted by molar-refractivity contribution is 7.18. The molecule has 1 aliphatic rings. The first kappa shape index (κ1) is 17.4. The highest BCUT2D eigenvalue weighted by Gasteiger charge is 2.32. The second-order valence-electron chi connectivity index (χ2n) is 6.48. The van der Waals surface area contributed by atoms with Crippen LogP contribution in [0.5, 0.6) is 0 Å². The Bertz CT molecular complexity index is 1010. The molecule has 27 heavy (non-hydrogen) atoms. The Morgan fingerprint density at radius 2 is 1.85 bits per heavy atom. The van der Waals surface area contributed by atoms with Gasteiger partial charge in [0.25, 0.3) is 5.91 Å². The lowest BCUT2D eigenvalue weighted by molar-refractivity contribution is -0.116. The van der Waals surface area contributed by atoms with E-state index in [0.717, 1.165) is 21.7 Å². The van der Waals surface area contributed by atoms with Crippen molar-refractivity contribution in [1.82, 2.24) is 0 Å². The molecule has 2 amide bonds. The number of hydrogen-bond acceptors (Lipinski definition) is 3. The third-order valence-corrected chi connectivity index (χ3v) is 5.92. The van der Waals surface area contributed by atoms with Crippen molar-refractivity contribution in [2.24, 2.45) is 0 Å². The SMILES string of the molecule is Cc1c(C(=O)Nc2ccc(F)cc2)sc2c1C(c1ccccc1)CC(=O)N2. The molecule has 2 aromatic carbocycles. The van der Waals surface area contributed by atoms with E-state index in [2.05, 4.69) is 10.6 Å². The molecule has 0 saturated heterocycles. The minimum atomic E-state index is -0.357. The molecule has 1 aromatic heterocycles. The number of carbonyl (C=O) groups is 2. The number of amides is 2. The first-order valence-corrected chi connectivity index (χ1v) is 9.39. The van der Waals surface area contributed by atoms with Crippen LogP contribution < -0.4 is 10.6 Å². The van der Waals surface area contributed by atoms with E-state index in [-0.39, 0.29) is 23.5 Å². The number of halogens is 1. The number of thiophene rings is 1. The van der Waals surface area contributed by atoms with Gasteiger partial charge < -0.3 is 10.6 Å². The van der Waals surface area contributed by atoms with Crippen LogP contribution in [-0.2, 0) is 4.79 Å². The maximum absolute atomic E-state index is 13.1. The van der Waals surface area contributed by atoms with Crippen molar-refractivity contribution in [2.45, 2.75) is 19.3 Å². The Hall–Kier alpha value is -2.99. The lowest BCUT2D eigenvalue weighted by atomic mass is 9.85. The van der Waals surface area contributed by atoms with Crippen molar-refractivity contribution in [2.75, 3.05) is 10.6 Å². The van der Waals surface area contributed by atoms with Crippen LogP contribution >= 0.6 is 11.3 Å². The van der Waals surface area contributed by atoms with E-state index in [1.807, 2.05) is 37.3 Å². The second-order valence-corrected chi connectivity index (χ2v) is 7.50. The highest BCUT2D eigenvalue weighted by atomic mass is 32.1. The zero-order valence-corrected chi connectivity index (χ0v) is 15.4. The molecule has 3 aromatic rings. The van der Waals surface area contributed by atoms with Gasteiger partial charge in [0.2, 0.25) is 5.91 Å². The van der Waals surface area contributed by atoms with Crippen molar-refractivity contribution in [3.05, 3.63) is 82.0 Å². The van der Waals surface area contributed by atoms with Crippen molar-refractivity contribution in [3.63, 3.8) is 0 Å². The summed E-state index contributed by atoms with van der Waals surface area (Å²) in [6, 6.07) is 15.5. The van der Waals surface area contributed by atoms with Gasteiger partial charge in [-0.2, -0.15) is 0 Å². The average Bonchev–Trinajstić information content (AvgIpc) is 3.00. The number of fused-ring (bicyclic) bond motifs is 1. The fourth-order valence-corrected chi connectivity index (χ4v) is 4.59. The van der Waals surface area contributed by atoms with Gasteiger partial charge in [-0.15, -0.1) is 11.3 Å². The van der Waals surface area contributed by atoms with Gasteiger partial charge in [-0.05, 0) is 47.9 Å². The molecule has 136 valence electrons. The van der Waals surface area contributed by atoms with E-state index in [0.29, 0.717) is 17.0 Å². The summed E-state index contributed by atoms with van der Waals surface area (Å²) in [7, 11) is 0. The summed E-state index contributed by atoms with van der Waals surface area (Å²) in [5.41, 5.74) is 3.44. The summed E-state index contributed by atoms with van der Waals surface area (Å²) >= 11 is 1.28. The number of carbonyl (C=O) groups excluding carboxylic acids is 2. The smallest absolute Gasteiger partial charge is 0.266 e. The normalized spacial score (nSPS) is 15.8. The molecule has 1 aliphatic heterocycles. The average molecular weight is 380 g/mol. The van der Waals surface area contributed by atoms with Gasteiger partial charge in [-0.25, -0.2) is 4.39 Å². The molecule has 0 spiro atoms. The lowest BCUT2D eigenvalue weighted by Gasteiger charge is -2.24. The standard InChI is InChI=1S/C21H17FN2O2S/c1-12-18-16(13-5-3-2-4-6-13)11-17(25)24-21(18)27-19(12)20(26)23-15-9-7-14(22)8-10-15/h2-10,16H,11H2,1H3,(H,23,26)(H,24,25). The zero-order valence-electron chi connectivity index (χ0n) is 14.6. The van der Waals surface area contributed by atoms with E-state index < -0.39 is 0 Å². The van der Waals surface area contributed by atoms with Crippen LogP contribution in [0.4, 0.5) is 15.1 Å². The van der Waals surface area contributed by atoms with Crippen molar-refractivity contribution >= 4 is 33.8 Å². The molecule has 0 radical (unpaired) electrons. The van der Waals surface area contributed by atoms with E-state index in [9.17, 15) is 14.0 Å². The van der Waals surface area contributed by atoms with Crippen LogP contribution in [0.25, 0.3) is 0 Å². The fraction of sp³-hybridized carbons (Fsp3) is 0.143. The summed E-state index contributed by atoms with van der Waals surface area (Å²) in [6.07, 6.45) is 0.355. The quantitative estimate of drug-likeness (QED) is 0.677. The topological polar surface area (TPSA) is 58.2 Å². The van der Waals surface area contributed by atoms with Gasteiger partial charge in [-0.1, -0.05) is 30.3 Å². The number of anilines is 2. The van der Waals surface area contributed by atoms with E-state index in [1.165, 1.54) is 35.6 Å². The third-order valence-electron chi connectivity index (χ3n) is 4.69. The Balaban J connectivity index is 1.69. The predicted octanol–water partition coefficient (Wildman–Crippen LogP) is 4.92. The summed E-state index contributed by atoms with van der Waals surface area (Å²) < 4.78 is 13.1. The minimum Gasteiger partial charge on any atom is -0.321 e. The molecule has 0 fully saturated rings. The Kier molecular flexibility index (Phi) is 4.49.